The summed E-state index contributed by atoms with van der Waals surface area (Å²) < 4.78 is 5.45. The fraction of sp³-hybridized carbons (Fsp3) is 0.412. The van der Waals surface area contributed by atoms with Crippen LogP contribution in [0.1, 0.15) is 37.0 Å². The second kappa shape index (κ2) is 6.08. The summed E-state index contributed by atoms with van der Waals surface area (Å²) in [6, 6.07) is 8.76. The lowest BCUT2D eigenvalue weighted by molar-refractivity contribution is 0.194. The molecule has 0 amide bonds. The van der Waals surface area contributed by atoms with E-state index in [-0.39, 0.29) is 0 Å². The van der Waals surface area contributed by atoms with Crippen molar-refractivity contribution in [3.8, 4) is 5.75 Å². The van der Waals surface area contributed by atoms with Gasteiger partial charge in [0.1, 0.15) is 5.75 Å². The van der Waals surface area contributed by atoms with E-state index >= 15 is 0 Å². The van der Waals surface area contributed by atoms with E-state index in [1.165, 1.54) is 18.4 Å². The molecule has 2 aromatic rings. The molecule has 0 saturated heterocycles. The molecule has 0 spiro atoms. The zero-order chi connectivity index (χ0) is 14.8. The Morgan fingerprint density at radius 2 is 2.19 bits per heavy atom. The van der Waals surface area contributed by atoms with Crippen LogP contribution in [0.5, 0.6) is 5.75 Å². The van der Waals surface area contributed by atoms with Gasteiger partial charge in [0.25, 0.3) is 0 Å². The van der Waals surface area contributed by atoms with Crippen molar-refractivity contribution >= 4 is 17.0 Å². The SMILES string of the molecule is COc1cccc(N(Cc2ccsc2)C2CC2)c1C(C)O. The molecule has 0 bridgehead atoms. The van der Waals surface area contributed by atoms with E-state index in [1.54, 1.807) is 25.4 Å². The number of methoxy groups -OCH3 is 1. The highest BCUT2D eigenvalue weighted by molar-refractivity contribution is 7.07. The number of ether oxygens (including phenoxy) is 1. The molecule has 1 aliphatic carbocycles. The number of hydrogen-bond acceptors (Lipinski definition) is 4. The van der Waals surface area contributed by atoms with Crippen LogP contribution in [0.4, 0.5) is 5.69 Å². The monoisotopic (exact) mass is 303 g/mol. The quantitative estimate of drug-likeness (QED) is 0.876. The van der Waals surface area contributed by atoms with Gasteiger partial charge < -0.3 is 14.7 Å². The van der Waals surface area contributed by atoms with Crippen LogP contribution < -0.4 is 9.64 Å². The maximum absolute atomic E-state index is 10.2. The molecule has 0 aliphatic heterocycles. The largest absolute Gasteiger partial charge is 0.496 e. The standard InChI is InChI=1S/C17H21NO2S/c1-12(19)17-15(4-3-5-16(17)20-2)18(14-6-7-14)10-13-8-9-21-11-13/h3-5,8-9,11-12,14,19H,6-7,10H2,1-2H3. The van der Waals surface area contributed by atoms with Crippen LogP contribution in [-0.2, 0) is 6.54 Å². The normalized spacial score (nSPS) is 15.8. The molecule has 1 aromatic heterocycles. The van der Waals surface area contributed by atoms with Gasteiger partial charge in [0.2, 0.25) is 0 Å². The van der Waals surface area contributed by atoms with Crippen molar-refractivity contribution in [2.24, 2.45) is 0 Å². The molecule has 1 aromatic carbocycles. The third-order valence-corrected chi connectivity index (χ3v) is 4.64. The predicted molar refractivity (Wildman–Crippen MR) is 87.2 cm³/mol. The van der Waals surface area contributed by atoms with Crippen molar-refractivity contribution < 1.29 is 9.84 Å². The van der Waals surface area contributed by atoms with E-state index in [1.807, 2.05) is 12.1 Å². The summed E-state index contributed by atoms with van der Waals surface area (Å²) in [4.78, 5) is 2.41. The Balaban J connectivity index is 1.99. The Labute approximate surface area is 129 Å². The second-order valence-corrected chi connectivity index (χ2v) is 6.34. The van der Waals surface area contributed by atoms with E-state index in [0.717, 1.165) is 23.5 Å². The van der Waals surface area contributed by atoms with E-state index < -0.39 is 6.10 Å². The fourth-order valence-electron chi connectivity index (χ4n) is 2.76. The maximum atomic E-state index is 10.2. The first-order valence-corrected chi connectivity index (χ1v) is 8.27. The Kier molecular flexibility index (Phi) is 4.17. The number of anilines is 1. The van der Waals surface area contributed by atoms with Crippen LogP contribution >= 0.6 is 11.3 Å². The van der Waals surface area contributed by atoms with Gasteiger partial charge in [0.15, 0.2) is 0 Å². The Morgan fingerprint density at radius 3 is 2.76 bits per heavy atom. The number of thiophene rings is 1. The van der Waals surface area contributed by atoms with Gasteiger partial charge >= 0.3 is 0 Å². The fourth-order valence-corrected chi connectivity index (χ4v) is 3.42. The summed E-state index contributed by atoms with van der Waals surface area (Å²) in [5, 5.41) is 14.5. The lowest BCUT2D eigenvalue weighted by Crippen LogP contribution is -2.26. The summed E-state index contributed by atoms with van der Waals surface area (Å²) >= 11 is 1.73. The second-order valence-electron chi connectivity index (χ2n) is 5.56. The molecule has 3 nitrogen and oxygen atoms in total. The summed E-state index contributed by atoms with van der Waals surface area (Å²) in [6.07, 6.45) is 1.90. The average molecular weight is 303 g/mol. The van der Waals surface area contributed by atoms with E-state index in [2.05, 4.69) is 27.8 Å². The third kappa shape index (κ3) is 3.06. The zero-order valence-corrected chi connectivity index (χ0v) is 13.3. The highest BCUT2D eigenvalue weighted by atomic mass is 32.1. The maximum Gasteiger partial charge on any atom is 0.126 e. The summed E-state index contributed by atoms with van der Waals surface area (Å²) in [5.41, 5.74) is 3.31. The predicted octanol–water partition coefficient (Wildman–Crippen LogP) is 3.98. The molecule has 0 radical (unpaired) electrons. The van der Waals surface area contributed by atoms with Crippen molar-refractivity contribution in [3.63, 3.8) is 0 Å². The van der Waals surface area contributed by atoms with Gasteiger partial charge in [-0.3, -0.25) is 0 Å². The van der Waals surface area contributed by atoms with E-state index in [0.29, 0.717) is 6.04 Å². The number of benzene rings is 1. The smallest absolute Gasteiger partial charge is 0.126 e. The van der Waals surface area contributed by atoms with Crippen LogP contribution in [0.15, 0.2) is 35.0 Å². The minimum absolute atomic E-state index is 0.542. The van der Waals surface area contributed by atoms with Crippen LogP contribution in [0, 0.1) is 0 Å². The van der Waals surface area contributed by atoms with Gasteiger partial charge in [0.05, 0.1) is 13.2 Å². The Hall–Kier alpha value is -1.52. The zero-order valence-electron chi connectivity index (χ0n) is 12.5. The molecule has 4 heteroatoms. The molecule has 1 fully saturated rings. The first-order valence-electron chi connectivity index (χ1n) is 7.33. The number of hydrogen-bond donors (Lipinski definition) is 1. The van der Waals surface area contributed by atoms with Crippen molar-refractivity contribution in [1.29, 1.82) is 0 Å². The van der Waals surface area contributed by atoms with Crippen molar-refractivity contribution in [2.75, 3.05) is 12.0 Å². The summed E-state index contributed by atoms with van der Waals surface area (Å²) in [5.74, 6) is 0.762. The number of aliphatic hydroxyl groups excluding tert-OH is 1. The topological polar surface area (TPSA) is 32.7 Å². The third-order valence-electron chi connectivity index (χ3n) is 3.91. The molecule has 112 valence electrons. The van der Waals surface area contributed by atoms with Gasteiger partial charge in [0, 0.05) is 23.8 Å². The van der Waals surface area contributed by atoms with Gasteiger partial charge in [-0.1, -0.05) is 6.07 Å². The number of aliphatic hydroxyl groups is 1. The summed E-state index contributed by atoms with van der Waals surface area (Å²) in [7, 11) is 1.66. The molecular weight excluding hydrogens is 282 g/mol. The molecule has 21 heavy (non-hydrogen) atoms. The minimum atomic E-state index is -0.542. The van der Waals surface area contributed by atoms with Crippen molar-refractivity contribution in [3.05, 3.63) is 46.2 Å². The highest BCUT2D eigenvalue weighted by Gasteiger charge is 2.32. The molecule has 1 aliphatic rings. The Bertz CT molecular complexity index is 591. The van der Waals surface area contributed by atoms with Crippen molar-refractivity contribution in [2.45, 2.75) is 38.5 Å². The average Bonchev–Trinajstić information content (AvgIpc) is 3.20. The van der Waals surface area contributed by atoms with E-state index in [9.17, 15) is 5.11 Å². The molecule has 1 atom stereocenters. The first-order chi connectivity index (χ1) is 10.2. The molecule has 1 saturated carbocycles. The molecule has 1 unspecified atom stereocenters. The Morgan fingerprint density at radius 1 is 1.38 bits per heavy atom. The van der Waals surface area contributed by atoms with Gasteiger partial charge in [-0.15, -0.1) is 0 Å². The number of rotatable bonds is 6. The number of nitrogens with zero attached hydrogens (tertiary/aromatic N) is 1. The van der Waals surface area contributed by atoms with E-state index in [4.69, 9.17) is 4.74 Å². The highest BCUT2D eigenvalue weighted by Crippen LogP contribution is 2.40. The molecule has 3 rings (SSSR count). The first kappa shape index (κ1) is 14.4. The molecular formula is C17H21NO2S. The van der Waals surface area contributed by atoms with Gasteiger partial charge in [-0.25, -0.2) is 0 Å². The van der Waals surface area contributed by atoms with Crippen LogP contribution in [0.3, 0.4) is 0 Å². The van der Waals surface area contributed by atoms with Gasteiger partial charge in [-0.05, 0) is 54.3 Å². The lowest BCUT2D eigenvalue weighted by Gasteiger charge is -2.28. The van der Waals surface area contributed by atoms with Crippen LogP contribution in [0.25, 0.3) is 0 Å². The van der Waals surface area contributed by atoms with Gasteiger partial charge in [-0.2, -0.15) is 11.3 Å². The van der Waals surface area contributed by atoms with Crippen LogP contribution in [-0.4, -0.2) is 18.3 Å². The summed E-state index contributed by atoms with van der Waals surface area (Å²) in [6.45, 7) is 2.69. The molecule has 1 heterocycles. The lowest BCUT2D eigenvalue weighted by atomic mass is 10.0. The minimum Gasteiger partial charge on any atom is -0.496 e. The van der Waals surface area contributed by atoms with Crippen molar-refractivity contribution in [1.82, 2.24) is 0 Å². The van der Waals surface area contributed by atoms with Crippen LogP contribution in [0.2, 0.25) is 0 Å². The molecule has 1 N–H and O–H groups in total.